The van der Waals surface area contributed by atoms with Crippen molar-refractivity contribution in [2.75, 3.05) is 23.0 Å². The average Bonchev–Trinajstić information content (AvgIpc) is 3.24. The number of benzene rings is 2. The smallest absolute Gasteiger partial charge is 0.341 e. The minimum Gasteiger partial charge on any atom is -0.462 e. The number of anilines is 2. The Morgan fingerprint density at radius 2 is 1.85 bits per heavy atom. The van der Waals surface area contributed by atoms with Crippen molar-refractivity contribution in [2.45, 2.75) is 58.8 Å². The summed E-state index contributed by atoms with van der Waals surface area (Å²) in [6, 6.07) is 14.9. The van der Waals surface area contributed by atoms with Gasteiger partial charge in [-0.15, -0.1) is 23.1 Å². The third-order valence-electron chi connectivity index (χ3n) is 7.07. The normalized spacial score (nSPS) is 14.8. The second-order valence-electron chi connectivity index (χ2n) is 10.9. The van der Waals surface area contributed by atoms with Gasteiger partial charge in [-0.05, 0) is 79.8 Å². The topological polar surface area (TPSA) is 84.5 Å². The minimum atomic E-state index is -0.371. The standard InChI is InChI=1S/C31H36N2O4S2/c1-6-37-30(36)27-24-15-14-20(31(3,4)5)16-25(24)39-29(27)33-26(34)18-38-22-12-9-11-21(17-22)32-28(35)23-13-8-7-10-19(23)2/h7-13,17,20H,6,14-16,18H2,1-5H3,(H,32,35)(H,33,34). The number of nitrogens with one attached hydrogen (secondary N) is 2. The number of hydrogen-bond acceptors (Lipinski definition) is 6. The van der Waals surface area contributed by atoms with Crippen LogP contribution < -0.4 is 10.6 Å². The molecule has 0 radical (unpaired) electrons. The Kier molecular flexibility index (Phi) is 9.18. The summed E-state index contributed by atoms with van der Waals surface area (Å²) in [5.74, 6) is -0.0358. The van der Waals surface area contributed by atoms with E-state index >= 15 is 0 Å². The van der Waals surface area contributed by atoms with E-state index in [1.54, 1.807) is 13.0 Å². The average molecular weight is 565 g/mol. The molecule has 0 saturated carbocycles. The maximum Gasteiger partial charge on any atom is 0.341 e. The first-order valence-corrected chi connectivity index (χ1v) is 15.1. The molecule has 0 fully saturated rings. The fourth-order valence-corrected chi connectivity index (χ4v) is 6.92. The number of aryl methyl sites for hydroxylation is 1. The molecular formula is C31H36N2O4S2. The van der Waals surface area contributed by atoms with E-state index in [2.05, 4.69) is 31.4 Å². The van der Waals surface area contributed by atoms with Crippen molar-refractivity contribution < 1.29 is 19.1 Å². The molecule has 1 unspecified atom stereocenters. The first-order chi connectivity index (χ1) is 18.6. The number of rotatable bonds is 8. The molecule has 6 nitrogen and oxygen atoms in total. The van der Waals surface area contributed by atoms with E-state index in [1.165, 1.54) is 28.0 Å². The van der Waals surface area contributed by atoms with Crippen LogP contribution in [0, 0.1) is 18.3 Å². The molecule has 1 atom stereocenters. The van der Waals surface area contributed by atoms with Crippen LogP contribution in [0.15, 0.2) is 53.4 Å². The number of fused-ring (bicyclic) bond motifs is 1. The number of esters is 1. The lowest BCUT2D eigenvalue weighted by atomic mass is 9.72. The van der Waals surface area contributed by atoms with Crippen LogP contribution in [0.25, 0.3) is 0 Å². The van der Waals surface area contributed by atoms with E-state index < -0.39 is 0 Å². The van der Waals surface area contributed by atoms with Gasteiger partial charge in [0.15, 0.2) is 0 Å². The summed E-state index contributed by atoms with van der Waals surface area (Å²) in [5, 5.41) is 6.51. The first-order valence-electron chi connectivity index (χ1n) is 13.3. The van der Waals surface area contributed by atoms with Crippen molar-refractivity contribution in [3.63, 3.8) is 0 Å². The molecule has 39 heavy (non-hydrogen) atoms. The molecule has 1 aromatic heterocycles. The molecule has 0 aliphatic heterocycles. The highest BCUT2D eigenvalue weighted by Gasteiger charge is 2.34. The Hall–Kier alpha value is -3.10. The van der Waals surface area contributed by atoms with Gasteiger partial charge >= 0.3 is 5.97 Å². The summed E-state index contributed by atoms with van der Waals surface area (Å²) in [6.07, 6.45) is 2.73. The summed E-state index contributed by atoms with van der Waals surface area (Å²) >= 11 is 2.88. The maximum atomic E-state index is 13.0. The largest absolute Gasteiger partial charge is 0.462 e. The Labute approximate surface area is 238 Å². The molecule has 2 N–H and O–H groups in total. The van der Waals surface area contributed by atoms with Crippen molar-refractivity contribution in [1.29, 1.82) is 0 Å². The van der Waals surface area contributed by atoms with Crippen LogP contribution >= 0.6 is 23.1 Å². The van der Waals surface area contributed by atoms with Crippen molar-refractivity contribution in [3.8, 4) is 0 Å². The number of carbonyl (C=O) groups excluding carboxylic acids is 3. The van der Waals surface area contributed by atoms with Crippen LogP contribution in [0.2, 0.25) is 0 Å². The van der Waals surface area contributed by atoms with Gasteiger partial charge in [-0.1, -0.05) is 45.0 Å². The molecule has 8 heteroatoms. The van der Waals surface area contributed by atoms with Gasteiger partial charge in [0.05, 0.1) is 17.9 Å². The van der Waals surface area contributed by atoms with Gasteiger partial charge < -0.3 is 15.4 Å². The zero-order valence-corrected chi connectivity index (χ0v) is 24.8. The predicted molar refractivity (Wildman–Crippen MR) is 160 cm³/mol. The summed E-state index contributed by atoms with van der Waals surface area (Å²) in [5.41, 5.74) is 3.92. The van der Waals surface area contributed by atoms with Crippen molar-refractivity contribution in [2.24, 2.45) is 11.3 Å². The lowest BCUT2D eigenvalue weighted by Gasteiger charge is -2.33. The molecule has 0 spiro atoms. The summed E-state index contributed by atoms with van der Waals surface area (Å²) in [6.45, 7) is 10.7. The zero-order valence-electron chi connectivity index (χ0n) is 23.2. The number of thiophene rings is 1. The molecule has 4 rings (SSSR count). The Balaban J connectivity index is 1.43. The Morgan fingerprint density at radius 3 is 2.56 bits per heavy atom. The van der Waals surface area contributed by atoms with Crippen LogP contribution in [0.5, 0.6) is 0 Å². The fourth-order valence-electron chi connectivity index (χ4n) is 4.83. The number of hydrogen-bond donors (Lipinski definition) is 2. The van der Waals surface area contributed by atoms with Crippen LogP contribution in [-0.2, 0) is 22.4 Å². The SMILES string of the molecule is CCOC(=O)c1c(NC(=O)CSc2cccc(NC(=O)c3ccccc3C)c2)sc2c1CCC(C(C)(C)C)C2. The maximum absolute atomic E-state index is 13.0. The number of ether oxygens (including phenoxy) is 1. The third kappa shape index (κ3) is 7.11. The van der Waals surface area contributed by atoms with Crippen LogP contribution in [0.4, 0.5) is 10.7 Å². The molecule has 2 amide bonds. The fraction of sp³-hybridized carbons (Fsp3) is 0.387. The van der Waals surface area contributed by atoms with Gasteiger partial charge in [0.2, 0.25) is 5.91 Å². The third-order valence-corrected chi connectivity index (χ3v) is 9.24. The predicted octanol–water partition coefficient (Wildman–Crippen LogP) is 7.37. The van der Waals surface area contributed by atoms with Crippen LogP contribution in [0.3, 0.4) is 0 Å². The first kappa shape index (κ1) is 28.9. The van der Waals surface area contributed by atoms with Gasteiger partial charge in [0, 0.05) is 21.0 Å². The van der Waals surface area contributed by atoms with Gasteiger partial charge in [0.1, 0.15) is 5.00 Å². The number of carbonyl (C=O) groups is 3. The monoisotopic (exact) mass is 564 g/mol. The van der Waals surface area contributed by atoms with Crippen LogP contribution in [-0.4, -0.2) is 30.1 Å². The van der Waals surface area contributed by atoms with Gasteiger partial charge in [-0.2, -0.15) is 0 Å². The van der Waals surface area contributed by atoms with Crippen molar-refractivity contribution in [1.82, 2.24) is 0 Å². The minimum absolute atomic E-state index is 0.171. The summed E-state index contributed by atoms with van der Waals surface area (Å²) < 4.78 is 5.36. The molecule has 1 aliphatic carbocycles. The molecule has 1 heterocycles. The van der Waals surface area contributed by atoms with Crippen molar-refractivity contribution >= 4 is 51.6 Å². The highest BCUT2D eigenvalue weighted by atomic mass is 32.2. The Morgan fingerprint density at radius 1 is 1.08 bits per heavy atom. The molecule has 2 aromatic carbocycles. The molecule has 0 bridgehead atoms. The van der Waals surface area contributed by atoms with E-state index in [4.69, 9.17) is 4.74 Å². The zero-order chi connectivity index (χ0) is 28.2. The molecule has 0 saturated heterocycles. The second kappa shape index (κ2) is 12.4. The molecule has 3 aromatic rings. The molecule has 1 aliphatic rings. The van der Waals surface area contributed by atoms with E-state index in [0.717, 1.165) is 35.3 Å². The van der Waals surface area contributed by atoms with Crippen molar-refractivity contribution in [3.05, 3.63) is 75.7 Å². The van der Waals surface area contributed by atoms with Gasteiger partial charge in [0.25, 0.3) is 5.91 Å². The van der Waals surface area contributed by atoms with E-state index in [0.29, 0.717) is 27.7 Å². The van der Waals surface area contributed by atoms with E-state index in [9.17, 15) is 14.4 Å². The quantitative estimate of drug-likeness (QED) is 0.220. The Bertz CT molecular complexity index is 1370. The lowest BCUT2D eigenvalue weighted by Crippen LogP contribution is -2.26. The number of thioether (sulfide) groups is 1. The summed E-state index contributed by atoms with van der Waals surface area (Å²) in [4.78, 5) is 40.6. The van der Waals surface area contributed by atoms with Gasteiger partial charge in [-0.3, -0.25) is 9.59 Å². The van der Waals surface area contributed by atoms with Crippen LogP contribution in [0.1, 0.15) is 70.8 Å². The second-order valence-corrected chi connectivity index (χ2v) is 13.0. The molecule has 206 valence electrons. The summed E-state index contributed by atoms with van der Waals surface area (Å²) in [7, 11) is 0. The van der Waals surface area contributed by atoms with E-state index in [-0.39, 0.29) is 35.6 Å². The molecular weight excluding hydrogens is 528 g/mol. The van der Waals surface area contributed by atoms with E-state index in [1.807, 2.05) is 49.4 Å². The van der Waals surface area contributed by atoms with Gasteiger partial charge in [-0.25, -0.2) is 4.79 Å². The lowest BCUT2D eigenvalue weighted by molar-refractivity contribution is -0.113. The highest BCUT2D eigenvalue weighted by molar-refractivity contribution is 8.00. The number of amides is 2. The highest BCUT2D eigenvalue weighted by Crippen LogP contribution is 2.44.